The van der Waals surface area contributed by atoms with E-state index in [1.165, 1.54) is 68.9 Å². The Labute approximate surface area is 183 Å². The zero-order valence-corrected chi connectivity index (χ0v) is 18.6. The van der Waals surface area contributed by atoms with Crippen LogP contribution in [0.3, 0.4) is 0 Å². The molecule has 3 aromatic rings. The Morgan fingerprint density at radius 2 is 1.03 bits per heavy atom. The van der Waals surface area contributed by atoms with E-state index in [9.17, 15) is 0 Å². The molecule has 1 heteroatoms. The molecule has 160 valence electrons. The van der Waals surface area contributed by atoms with Crippen LogP contribution in [0.4, 0.5) is 0 Å². The second-order valence-electron chi connectivity index (χ2n) is 7.99. The number of aromatic hydroxyl groups is 1. The van der Waals surface area contributed by atoms with Crippen molar-refractivity contribution >= 4 is 0 Å². The first-order valence-corrected chi connectivity index (χ1v) is 11.6. The monoisotopic (exact) mass is 402 g/mol. The standard InChI is InChI=1S/C23H32.C6H6O/c1-2-3-4-5-6-7-8-12-17-22-18-13-14-19-23(22)20-21-15-10-9-11-16-21;7-6-4-2-1-3-5-6/h9-11,13-16,18-19H,2-8,12,17,20H2,1H3;1-5,7H. The van der Waals surface area contributed by atoms with Crippen LogP contribution in [0.5, 0.6) is 5.75 Å². The van der Waals surface area contributed by atoms with Crippen molar-refractivity contribution < 1.29 is 5.11 Å². The predicted octanol–water partition coefficient (Wildman–Crippen LogP) is 8.35. The quantitative estimate of drug-likeness (QED) is 0.319. The van der Waals surface area contributed by atoms with Crippen LogP contribution in [0.25, 0.3) is 0 Å². The molecule has 0 saturated carbocycles. The van der Waals surface area contributed by atoms with Gasteiger partial charge in [-0.3, -0.25) is 0 Å². The lowest BCUT2D eigenvalue weighted by Gasteiger charge is -2.10. The molecule has 0 aliphatic rings. The third-order valence-electron chi connectivity index (χ3n) is 5.41. The topological polar surface area (TPSA) is 20.2 Å². The van der Waals surface area contributed by atoms with Gasteiger partial charge in [-0.1, -0.05) is 125 Å². The second-order valence-corrected chi connectivity index (χ2v) is 7.99. The van der Waals surface area contributed by atoms with E-state index in [4.69, 9.17) is 5.11 Å². The summed E-state index contributed by atoms with van der Waals surface area (Å²) in [7, 11) is 0. The Bertz CT molecular complexity index is 780. The normalized spacial score (nSPS) is 10.3. The van der Waals surface area contributed by atoms with Crippen LogP contribution in [0, 0.1) is 0 Å². The van der Waals surface area contributed by atoms with Gasteiger partial charge in [0, 0.05) is 0 Å². The van der Waals surface area contributed by atoms with Crippen LogP contribution in [-0.4, -0.2) is 5.11 Å². The molecule has 30 heavy (non-hydrogen) atoms. The van der Waals surface area contributed by atoms with Crippen LogP contribution < -0.4 is 0 Å². The first kappa shape index (κ1) is 23.7. The first-order chi connectivity index (χ1) is 14.8. The summed E-state index contributed by atoms with van der Waals surface area (Å²) in [6, 6.07) is 28.5. The number of phenolic OH excluding ortho intramolecular Hbond substituents is 1. The fraction of sp³-hybridized carbons (Fsp3) is 0.379. The van der Waals surface area contributed by atoms with Gasteiger partial charge in [0.05, 0.1) is 0 Å². The van der Waals surface area contributed by atoms with E-state index in [2.05, 4.69) is 61.5 Å². The molecule has 3 rings (SSSR count). The SMILES string of the molecule is CCCCCCCCCCc1ccccc1Cc1ccccc1.Oc1ccccc1. The molecule has 0 saturated heterocycles. The molecular formula is C29H38O. The highest BCUT2D eigenvalue weighted by Gasteiger charge is 2.03. The maximum Gasteiger partial charge on any atom is 0.115 e. The molecule has 0 spiro atoms. The Morgan fingerprint density at radius 1 is 0.533 bits per heavy atom. The molecule has 0 aliphatic carbocycles. The molecule has 0 aliphatic heterocycles. The van der Waals surface area contributed by atoms with Crippen molar-refractivity contribution in [2.24, 2.45) is 0 Å². The van der Waals surface area contributed by atoms with E-state index >= 15 is 0 Å². The van der Waals surface area contributed by atoms with E-state index < -0.39 is 0 Å². The molecule has 0 fully saturated rings. The van der Waals surface area contributed by atoms with E-state index in [1.54, 1.807) is 29.8 Å². The minimum Gasteiger partial charge on any atom is -0.508 e. The van der Waals surface area contributed by atoms with E-state index in [0.717, 1.165) is 6.42 Å². The maximum absolute atomic E-state index is 8.63. The van der Waals surface area contributed by atoms with E-state index in [0.29, 0.717) is 5.75 Å². The van der Waals surface area contributed by atoms with Gasteiger partial charge in [0.1, 0.15) is 5.75 Å². The van der Waals surface area contributed by atoms with Crippen molar-refractivity contribution in [3.8, 4) is 5.75 Å². The van der Waals surface area contributed by atoms with Gasteiger partial charge in [0.2, 0.25) is 0 Å². The minimum absolute atomic E-state index is 0.322. The number of unbranched alkanes of at least 4 members (excludes halogenated alkanes) is 7. The van der Waals surface area contributed by atoms with Gasteiger partial charge < -0.3 is 5.11 Å². The lowest BCUT2D eigenvalue weighted by Crippen LogP contribution is -1.96. The Morgan fingerprint density at radius 3 is 1.60 bits per heavy atom. The zero-order chi connectivity index (χ0) is 21.3. The average Bonchev–Trinajstić information content (AvgIpc) is 2.78. The van der Waals surface area contributed by atoms with Gasteiger partial charge in [-0.15, -0.1) is 0 Å². The van der Waals surface area contributed by atoms with Gasteiger partial charge in [0.15, 0.2) is 0 Å². The minimum atomic E-state index is 0.322. The van der Waals surface area contributed by atoms with Crippen LogP contribution in [0.1, 0.15) is 75.0 Å². The molecule has 0 bridgehead atoms. The number of aryl methyl sites for hydroxylation is 1. The molecular weight excluding hydrogens is 364 g/mol. The van der Waals surface area contributed by atoms with Crippen LogP contribution in [0.2, 0.25) is 0 Å². The van der Waals surface area contributed by atoms with Crippen molar-refractivity contribution in [2.75, 3.05) is 0 Å². The van der Waals surface area contributed by atoms with Crippen molar-refractivity contribution in [3.63, 3.8) is 0 Å². The summed E-state index contributed by atoms with van der Waals surface area (Å²) in [6.07, 6.45) is 13.5. The van der Waals surface area contributed by atoms with Crippen LogP contribution in [0.15, 0.2) is 84.9 Å². The average molecular weight is 403 g/mol. The molecule has 0 aromatic heterocycles. The first-order valence-electron chi connectivity index (χ1n) is 11.6. The summed E-state index contributed by atoms with van der Waals surface area (Å²) in [5.74, 6) is 0.322. The number of para-hydroxylation sites is 1. The summed E-state index contributed by atoms with van der Waals surface area (Å²) in [5.41, 5.74) is 4.46. The van der Waals surface area contributed by atoms with E-state index in [1.807, 2.05) is 6.07 Å². The Hall–Kier alpha value is -2.54. The number of hydrogen-bond acceptors (Lipinski definition) is 1. The second kappa shape index (κ2) is 15.3. The number of hydrogen-bond donors (Lipinski definition) is 1. The summed E-state index contributed by atoms with van der Waals surface area (Å²) in [4.78, 5) is 0. The number of phenols is 1. The molecule has 0 heterocycles. The number of rotatable bonds is 11. The largest absolute Gasteiger partial charge is 0.508 e. The molecule has 0 unspecified atom stereocenters. The van der Waals surface area contributed by atoms with Crippen molar-refractivity contribution in [1.82, 2.24) is 0 Å². The maximum atomic E-state index is 8.63. The summed E-state index contributed by atoms with van der Waals surface area (Å²) >= 11 is 0. The molecule has 0 amide bonds. The summed E-state index contributed by atoms with van der Waals surface area (Å²) in [6.45, 7) is 2.28. The highest BCUT2D eigenvalue weighted by atomic mass is 16.3. The zero-order valence-electron chi connectivity index (χ0n) is 18.6. The third-order valence-corrected chi connectivity index (χ3v) is 5.41. The lowest BCUT2D eigenvalue weighted by molar-refractivity contribution is 0.475. The van der Waals surface area contributed by atoms with E-state index in [-0.39, 0.29) is 0 Å². The Balaban J connectivity index is 0.000000386. The summed E-state index contributed by atoms with van der Waals surface area (Å²) < 4.78 is 0. The predicted molar refractivity (Wildman–Crippen MR) is 130 cm³/mol. The van der Waals surface area contributed by atoms with Gasteiger partial charge in [-0.25, -0.2) is 0 Å². The van der Waals surface area contributed by atoms with Gasteiger partial charge in [-0.2, -0.15) is 0 Å². The fourth-order valence-electron chi connectivity index (χ4n) is 3.67. The van der Waals surface area contributed by atoms with Gasteiger partial charge >= 0.3 is 0 Å². The van der Waals surface area contributed by atoms with Crippen LogP contribution >= 0.6 is 0 Å². The highest BCUT2D eigenvalue weighted by molar-refractivity contribution is 5.32. The lowest BCUT2D eigenvalue weighted by atomic mass is 9.96. The molecule has 0 atom stereocenters. The van der Waals surface area contributed by atoms with Gasteiger partial charge in [-0.05, 0) is 48.1 Å². The molecule has 1 N–H and O–H groups in total. The molecule has 3 aromatic carbocycles. The third kappa shape index (κ3) is 10.3. The smallest absolute Gasteiger partial charge is 0.115 e. The van der Waals surface area contributed by atoms with Crippen molar-refractivity contribution in [1.29, 1.82) is 0 Å². The number of benzene rings is 3. The van der Waals surface area contributed by atoms with Crippen molar-refractivity contribution in [3.05, 3.63) is 102 Å². The van der Waals surface area contributed by atoms with Crippen molar-refractivity contribution in [2.45, 2.75) is 71.1 Å². The fourth-order valence-corrected chi connectivity index (χ4v) is 3.67. The molecule has 0 radical (unpaired) electrons. The van der Waals surface area contributed by atoms with Crippen LogP contribution in [-0.2, 0) is 12.8 Å². The molecule has 1 nitrogen and oxygen atoms in total. The van der Waals surface area contributed by atoms with Gasteiger partial charge in [0.25, 0.3) is 0 Å². The Kier molecular flexibility index (Phi) is 12.1. The summed E-state index contributed by atoms with van der Waals surface area (Å²) in [5, 5.41) is 8.63. The highest BCUT2D eigenvalue weighted by Crippen LogP contribution is 2.18.